The summed E-state index contributed by atoms with van der Waals surface area (Å²) in [5.41, 5.74) is 3.00. The maximum absolute atomic E-state index is 13.0. The fourth-order valence-electron chi connectivity index (χ4n) is 3.01. The minimum atomic E-state index is -0.627. The number of Topliss-reactive ketones (excluding diaryl/α,β-unsaturated/α-hetero) is 1. The lowest BCUT2D eigenvalue weighted by molar-refractivity contribution is -0.125. The number of carbonyl (C=O) groups excluding carboxylic acids is 2. The predicted octanol–water partition coefficient (Wildman–Crippen LogP) is 3.47. The summed E-state index contributed by atoms with van der Waals surface area (Å²) in [7, 11) is 1.55. The number of benzene rings is 2. The second-order valence-corrected chi connectivity index (χ2v) is 6.41. The highest BCUT2D eigenvalue weighted by molar-refractivity contribution is 6.43. The van der Waals surface area contributed by atoms with Crippen LogP contribution in [0, 0.1) is 19.7 Å². The van der Waals surface area contributed by atoms with Crippen LogP contribution in [0.15, 0.2) is 54.6 Å². The summed E-state index contributed by atoms with van der Waals surface area (Å²) >= 11 is 0. The molecule has 0 aliphatic rings. The molecule has 138 valence electrons. The normalized spacial score (nSPS) is 10.7. The standard InChI is InChI=1S/C21H20FN3O2/c1-14-19(15(2)25(23-14)18-7-5-4-6-8-18)20(26)21(27)24(3)13-16-9-11-17(22)12-10-16/h4-12H,13H2,1-3H3. The van der Waals surface area contributed by atoms with E-state index in [0.717, 1.165) is 11.3 Å². The quantitative estimate of drug-likeness (QED) is 0.514. The van der Waals surface area contributed by atoms with Gasteiger partial charge in [0.15, 0.2) is 0 Å². The summed E-state index contributed by atoms with van der Waals surface area (Å²) in [5, 5.41) is 4.42. The molecule has 0 aliphatic carbocycles. The van der Waals surface area contributed by atoms with Gasteiger partial charge < -0.3 is 4.90 Å². The third-order valence-corrected chi connectivity index (χ3v) is 4.39. The number of amides is 1. The molecule has 0 fully saturated rings. The molecule has 0 spiro atoms. The van der Waals surface area contributed by atoms with Gasteiger partial charge in [-0.1, -0.05) is 30.3 Å². The number of hydrogen-bond donors (Lipinski definition) is 0. The summed E-state index contributed by atoms with van der Waals surface area (Å²) in [6.45, 7) is 3.70. The SMILES string of the molecule is Cc1nn(-c2ccccc2)c(C)c1C(=O)C(=O)N(C)Cc1ccc(F)cc1. The number of aryl methyl sites for hydroxylation is 1. The molecular formula is C21H20FN3O2. The molecule has 1 heterocycles. The Hall–Kier alpha value is -3.28. The van der Waals surface area contributed by atoms with Crippen LogP contribution in [0.2, 0.25) is 0 Å². The molecule has 27 heavy (non-hydrogen) atoms. The van der Waals surface area contributed by atoms with E-state index in [1.54, 1.807) is 37.7 Å². The van der Waals surface area contributed by atoms with Crippen LogP contribution in [-0.2, 0) is 11.3 Å². The van der Waals surface area contributed by atoms with Crippen molar-refractivity contribution in [2.45, 2.75) is 20.4 Å². The van der Waals surface area contributed by atoms with Gasteiger partial charge in [-0.15, -0.1) is 0 Å². The molecule has 3 rings (SSSR count). The number of carbonyl (C=O) groups is 2. The van der Waals surface area contributed by atoms with E-state index in [4.69, 9.17) is 0 Å². The molecule has 3 aromatic rings. The van der Waals surface area contributed by atoms with Crippen molar-refractivity contribution >= 4 is 11.7 Å². The predicted molar refractivity (Wildman–Crippen MR) is 100 cm³/mol. The summed E-state index contributed by atoms with van der Waals surface area (Å²) in [6, 6.07) is 15.3. The van der Waals surface area contributed by atoms with Gasteiger partial charge >= 0.3 is 0 Å². The summed E-state index contributed by atoms with van der Waals surface area (Å²) in [6.07, 6.45) is 0. The first-order chi connectivity index (χ1) is 12.9. The van der Waals surface area contributed by atoms with Gasteiger partial charge in [-0.05, 0) is 43.7 Å². The van der Waals surface area contributed by atoms with Crippen molar-refractivity contribution < 1.29 is 14.0 Å². The van der Waals surface area contributed by atoms with E-state index in [2.05, 4.69) is 5.10 Å². The molecule has 1 amide bonds. The Morgan fingerprint density at radius 3 is 2.30 bits per heavy atom. The van der Waals surface area contributed by atoms with Gasteiger partial charge in [0.1, 0.15) is 5.82 Å². The topological polar surface area (TPSA) is 55.2 Å². The lowest BCUT2D eigenvalue weighted by Gasteiger charge is -2.16. The molecule has 0 atom stereocenters. The van der Waals surface area contributed by atoms with E-state index >= 15 is 0 Å². The van der Waals surface area contributed by atoms with Gasteiger partial charge in [0.25, 0.3) is 11.7 Å². The minimum absolute atomic E-state index is 0.218. The lowest BCUT2D eigenvalue weighted by atomic mass is 10.1. The van der Waals surface area contributed by atoms with Crippen molar-refractivity contribution in [3.8, 4) is 5.69 Å². The second kappa shape index (κ2) is 7.53. The Balaban J connectivity index is 1.83. The summed E-state index contributed by atoms with van der Waals surface area (Å²) in [4.78, 5) is 26.8. The number of ketones is 1. The number of aromatic nitrogens is 2. The molecule has 0 aliphatic heterocycles. The maximum Gasteiger partial charge on any atom is 0.295 e. The van der Waals surface area contributed by atoms with Crippen molar-refractivity contribution in [1.82, 2.24) is 14.7 Å². The Bertz CT molecular complexity index is 979. The van der Waals surface area contributed by atoms with Crippen LogP contribution in [0.4, 0.5) is 4.39 Å². The molecule has 0 unspecified atom stereocenters. The minimum Gasteiger partial charge on any atom is -0.335 e. The van der Waals surface area contributed by atoms with Crippen molar-refractivity contribution in [2.75, 3.05) is 7.05 Å². The first-order valence-corrected chi connectivity index (χ1v) is 8.54. The first kappa shape index (κ1) is 18.5. The Labute approximate surface area is 157 Å². The fraction of sp³-hybridized carbons (Fsp3) is 0.190. The first-order valence-electron chi connectivity index (χ1n) is 8.54. The highest BCUT2D eigenvalue weighted by Gasteiger charge is 2.27. The smallest absolute Gasteiger partial charge is 0.295 e. The molecule has 6 heteroatoms. The van der Waals surface area contributed by atoms with E-state index in [9.17, 15) is 14.0 Å². The van der Waals surface area contributed by atoms with E-state index in [-0.39, 0.29) is 12.4 Å². The van der Waals surface area contributed by atoms with Gasteiger partial charge in [-0.25, -0.2) is 9.07 Å². The zero-order valence-corrected chi connectivity index (χ0v) is 15.4. The lowest BCUT2D eigenvalue weighted by Crippen LogP contribution is -2.33. The van der Waals surface area contributed by atoms with Gasteiger partial charge in [0.05, 0.1) is 22.6 Å². The van der Waals surface area contributed by atoms with Crippen molar-refractivity contribution in [2.24, 2.45) is 0 Å². The van der Waals surface area contributed by atoms with Crippen molar-refractivity contribution in [1.29, 1.82) is 0 Å². The van der Waals surface area contributed by atoms with Crippen LogP contribution < -0.4 is 0 Å². The maximum atomic E-state index is 13.0. The van der Waals surface area contributed by atoms with E-state index in [1.165, 1.54) is 17.0 Å². The molecule has 0 N–H and O–H groups in total. The number of halogens is 1. The number of hydrogen-bond acceptors (Lipinski definition) is 3. The molecule has 5 nitrogen and oxygen atoms in total. The molecule has 2 aromatic carbocycles. The van der Waals surface area contributed by atoms with Crippen LogP contribution in [0.3, 0.4) is 0 Å². The number of rotatable bonds is 5. The molecule has 0 saturated carbocycles. The average Bonchev–Trinajstić information content (AvgIpc) is 2.97. The van der Waals surface area contributed by atoms with Gasteiger partial charge in [-0.2, -0.15) is 5.10 Å². The zero-order chi connectivity index (χ0) is 19.6. The summed E-state index contributed by atoms with van der Waals surface area (Å²) in [5.74, 6) is -1.57. The van der Waals surface area contributed by atoms with E-state index in [0.29, 0.717) is 17.0 Å². The van der Waals surface area contributed by atoms with Gasteiger partial charge in [0.2, 0.25) is 0 Å². The Morgan fingerprint density at radius 1 is 1.04 bits per heavy atom. The molecule has 0 saturated heterocycles. The van der Waals surface area contributed by atoms with Gasteiger partial charge in [0, 0.05) is 13.6 Å². The third kappa shape index (κ3) is 3.79. The van der Waals surface area contributed by atoms with Gasteiger partial charge in [-0.3, -0.25) is 9.59 Å². The monoisotopic (exact) mass is 365 g/mol. The van der Waals surface area contributed by atoms with Crippen LogP contribution in [-0.4, -0.2) is 33.4 Å². The molecule has 0 bridgehead atoms. The molecular weight excluding hydrogens is 345 g/mol. The fourth-order valence-corrected chi connectivity index (χ4v) is 3.01. The van der Waals surface area contributed by atoms with Crippen LogP contribution in [0.25, 0.3) is 5.69 Å². The highest BCUT2D eigenvalue weighted by atomic mass is 19.1. The third-order valence-electron chi connectivity index (χ3n) is 4.39. The van der Waals surface area contributed by atoms with E-state index in [1.807, 2.05) is 30.3 Å². The van der Waals surface area contributed by atoms with Crippen molar-refractivity contribution in [3.63, 3.8) is 0 Å². The molecule has 0 radical (unpaired) electrons. The average molecular weight is 365 g/mol. The second-order valence-electron chi connectivity index (χ2n) is 6.41. The largest absolute Gasteiger partial charge is 0.335 e. The zero-order valence-electron chi connectivity index (χ0n) is 15.4. The molecule has 1 aromatic heterocycles. The number of para-hydroxylation sites is 1. The summed E-state index contributed by atoms with van der Waals surface area (Å²) < 4.78 is 14.7. The Kier molecular flexibility index (Phi) is 5.16. The van der Waals surface area contributed by atoms with Crippen LogP contribution in [0.1, 0.15) is 27.3 Å². The van der Waals surface area contributed by atoms with Crippen LogP contribution >= 0.6 is 0 Å². The highest BCUT2D eigenvalue weighted by Crippen LogP contribution is 2.19. The van der Waals surface area contributed by atoms with Crippen molar-refractivity contribution in [3.05, 3.63) is 82.9 Å². The van der Waals surface area contributed by atoms with Crippen LogP contribution in [0.5, 0.6) is 0 Å². The van der Waals surface area contributed by atoms with E-state index < -0.39 is 11.7 Å². The number of likely N-dealkylation sites (N-methyl/N-ethyl adjacent to an activating group) is 1. The Morgan fingerprint density at radius 2 is 1.67 bits per heavy atom. The number of nitrogens with zero attached hydrogens (tertiary/aromatic N) is 3.